The SMILES string of the molecule is ICC=COC=CCI. The molecule has 0 saturated carbocycles. The van der Waals surface area contributed by atoms with Crippen LogP contribution in [-0.2, 0) is 4.74 Å². The molecule has 0 atom stereocenters. The molecule has 0 spiro atoms. The van der Waals surface area contributed by atoms with Gasteiger partial charge in [-0.3, -0.25) is 0 Å². The summed E-state index contributed by atoms with van der Waals surface area (Å²) in [5.74, 6) is 0. The number of hydrogen-bond donors (Lipinski definition) is 0. The molecule has 0 unspecified atom stereocenters. The molecular weight excluding hydrogens is 342 g/mol. The van der Waals surface area contributed by atoms with E-state index in [1.54, 1.807) is 12.5 Å². The van der Waals surface area contributed by atoms with Gasteiger partial charge in [0.05, 0.1) is 12.5 Å². The van der Waals surface area contributed by atoms with E-state index < -0.39 is 0 Å². The van der Waals surface area contributed by atoms with Crippen LogP contribution in [0.15, 0.2) is 24.7 Å². The molecule has 52 valence electrons. The first-order valence-electron chi connectivity index (χ1n) is 2.49. The van der Waals surface area contributed by atoms with Gasteiger partial charge < -0.3 is 4.74 Å². The maximum atomic E-state index is 4.94. The third-order valence-electron chi connectivity index (χ3n) is 0.528. The molecule has 0 amide bonds. The molecule has 0 aromatic heterocycles. The minimum Gasteiger partial charge on any atom is -0.473 e. The van der Waals surface area contributed by atoms with Gasteiger partial charge in [0.15, 0.2) is 0 Å². The summed E-state index contributed by atoms with van der Waals surface area (Å²) in [6, 6.07) is 0. The maximum Gasteiger partial charge on any atom is 0.0869 e. The van der Waals surface area contributed by atoms with E-state index in [0.29, 0.717) is 0 Å². The Labute approximate surface area is 82.8 Å². The molecule has 0 aliphatic carbocycles. The molecule has 0 aromatic rings. The molecule has 0 rings (SSSR count). The van der Waals surface area contributed by atoms with Crippen molar-refractivity contribution in [1.29, 1.82) is 0 Å². The van der Waals surface area contributed by atoms with E-state index in [2.05, 4.69) is 45.2 Å². The summed E-state index contributed by atoms with van der Waals surface area (Å²) in [7, 11) is 0. The Morgan fingerprint density at radius 3 is 1.78 bits per heavy atom. The summed E-state index contributed by atoms with van der Waals surface area (Å²) in [5.41, 5.74) is 0. The van der Waals surface area contributed by atoms with Crippen molar-refractivity contribution in [2.45, 2.75) is 0 Å². The highest BCUT2D eigenvalue weighted by atomic mass is 127. The topological polar surface area (TPSA) is 9.23 Å². The molecule has 0 radical (unpaired) electrons. The number of ether oxygens (including phenoxy) is 1. The van der Waals surface area contributed by atoms with Gasteiger partial charge in [-0.1, -0.05) is 45.2 Å². The summed E-state index contributed by atoms with van der Waals surface area (Å²) >= 11 is 4.51. The number of rotatable bonds is 4. The first-order valence-corrected chi connectivity index (χ1v) is 5.54. The summed E-state index contributed by atoms with van der Waals surface area (Å²) in [6.45, 7) is 0. The molecule has 0 bridgehead atoms. The maximum absolute atomic E-state index is 4.94. The molecule has 0 aliphatic heterocycles. The standard InChI is InChI=1S/C6H8I2O/c7-3-1-5-9-6-2-4-8/h1-2,5-6H,3-4H2. The van der Waals surface area contributed by atoms with Gasteiger partial charge in [0.1, 0.15) is 0 Å². The molecule has 0 aliphatic rings. The van der Waals surface area contributed by atoms with Crippen LogP contribution in [0.4, 0.5) is 0 Å². The van der Waals surface area contributed by atoms with Crippen molar-refractivity contribution < 1.29 is 4.74 Å². The molecule has 0 saturated heterocycles. The Hall–Kier alpha value is 0.740. The normalized spacial score (nSPS) is 11.3. The van der Waals surface area contributed by atoms with Crippen LogP contribution in [0.5, 0.6) is 0 Å². The minimum absolute atomic E-state index is 0.996. The van der Waals surface area contributed by atoms with Gasteiger partial charge in [-0.15, -0.1) is 0 Å². The van der Waals surface area contributed by atoms with Crippen LogP contribution in [0.25, 0.3) is 0 Å². The number of hydrogen-bond acceptors (Lipinski definition) is 1. The molecule has 3 heteroatoms. The fourth-order valence-electron chi connectivity index (χ4n) is 0.229. The van der Waals surface area contributed by atoms with Crippen LogP contribution in [0.3, 0.4) is 0 Å². The van der Waals surface area contributed by atoms with Crippen LogP contribution < -0.4 is 0 Å². The van der Waals surface area contributed by atoms with Crippen LogP contribution in [0.2, 0.25) is 0 Å². The van der Waals surface area contributed by atoms with Gasteiger partial charge >= 0.3 is 0 Å². The average Bonchev–Trinajstić information content (AvgIpc) is 1.89. The summed E-state index contributed by atoms with van der Waals surface area (Å²) in [4.78, 5) is 0. The fourth-order valence-corrected chi connectivity index (χ4v) is 0.644. The molecule has 0 N–H and O–H groups in total. The van der Waals surface area contributed by atoms with Gasteiger partial charge in [-0.05, 0) is 12.2 Å². The van der Waals surface area contributed by atoms with Crippen molar-refractivity contribution in [3.63, 3.8) is 0 Å². The largest absolute Gasteiger partial charge is 0.473 e. The third-order valence-corrected chi connectivity index (χ3v) is 1.54. The second kappa shape index (κ2) is 8.74. The van der Waals surface area contributed by atoms with Gasteiger partial charge in [0, 0.05) is 8.86 Å². The molecule has 0 fully saturated rings. The van der Waals surface area contributed by atoms with Gasteiger partial charge in [0.2, 0.25) is 0 Å². The van der Waals surface area contributed by atoms with E-state index in [-0.39, 0.29) is 0 Å². The second-order valence-corrected chi connectivity index (χ2v) is 2.95. The zero-order valence-corrected chi connectivity index (χ0v) is 9.20. The van der Waals surface area contributed by atoms with E-state index in [4.69, 9.17) is 4.74 Å². The average molecular weight is 350 g/mol. The molecule has 1 nitrogen and oxygen atoms in total. The Morgan fingerprint density at radius 2 is 1.44 bits per heavy atom. The quantitative estimate of drug-likeness (QED) is 0.431. The molecular formula is C6H8I2O. The van der Waals surface area contributed by atoms with Crippen molar-refractivity contribution >= 4 is 45.2 Å². The highest BCUT2D eigenvalue weighted by Gasteiger charge is 1.67. The monoisotopic (exact) mass is 350 g/mol. The van der Waals surface area contributed by atoms with Crippen molar-refractivity contribution in [3.05, 3.63) is 24.7 Å². The zero-order valence-electron chi connectivity index (χ0n) is 4.89. The smallest absolute Gasteiger partial charge is 0.0869 e. The van der Waals surface area contributed by atoms with E-state index in [9.17, 15) is 0 Å². The highest BCUT2D eigenvalue weighted by molar-refractivity contribution is 14.1. The molecule has 9 heavy (non-hydrogen) atoms. The Bertz CT molecular complexity index is 87.2. The van der Waals surface area contributed by atoms with Gasteiger partial charge in [0.25, 0.3) is 0 Å². The van der Waals surface area contributed by atoms with Crippen molar-refractivity contribution in [2.75, 3.05) is 8.86 Å². The lowest BCUT2D eigenvalue weighted by Crippen LogP contribution is -1.66. The predicted molar refractivity (Wildman–Crippen MR) is 57.1 cm³/mol. The minimum atomic E-state index is 0.996. The fraction of sp³-hybridized carbons (Fsp3) is 0.333. The summed E-state index contributed by atoms with van der Waals surface area (Å²) in [5, 5.41) is 0. The molecule has 0 heterocycles. The Kier molecular flexibility index (Phi) is 9.46. The summed E-state index contributed by atoms with van der Waals surface area (Å²) in [6.07, 6.45) is 7.29. The van der Waals surface area contributed by atoms with Gasteiger partial charge in [-0.2, -0.15) is 0 Å². The molecule has 0 aromatic carbocycles. The lowest BCUT2D eigenvalue weighted by atomic mass is 10.7. The number of allylic oxidation sites excluding steroid dienone is 2. The van der Waals surface area contributed by atoms with Crippen LogP contribution in [-0.4, -0.2) is 8.86 Å². The van der Waals surface area contributed by atoms with Crippen molar-refractivity contribution in [2.24, 2.45) is 0 Å². The Balaban J connectivity index is 3.08. The van der Waals surface area contributed by atoms with Crippen molar-refractivity contribution in [1.82, 2.24) is 0 Å². The number of alkyl halides is 2. The van der Waals surface area contributed by atoms with E-state index in [1.807, 2.05) is 12.2 Å². The lowest BCUT2D eigenvalue weighted by molar-refractivity contribution is 0.402. The van der Waals surface area contributed by atoms with E-state index >= 15 is 0 Å². The van der Waals surface area contributed by atoms with Crippen LogP contribution in [0.1, 0.15) is 0 Å². The third kappa shape index (κ3) is 8.74. The Morgan fingerprint density at radius 1 is 1.00 bits per heavy atom. The first kappa shape index (κ1) is 9.74. The van der Waals surface area contributed by atoms with Crippen molar-refractivity contribution in [3.8, 4) is 0 Å². The highest BCUT2D eigenvalue weighted by Crippen LogP contribution is 1.87. The lowest BCUT2D eigenvalue weighted by Gasteiger charge is -1.85. The summed E-state index contributed by atoms with van der Waals surface area (Å²) < 4.78 is 6.94. The van der Waals surface area contributed by atoms with E-state index in [1.165, 1.54) is 0 Å². The van der Waals surface area contributed by atoms with E-state index in [0.717, 1.165) is 8.86 Å². The van der Waals surface area contributed by atoms with Crippen LogP contribution in [0, 0.1) is 0 Å². The van der Waals surface area contributed by atoms with Crippen LogP contribution >= 0.6 is 45.2 Å². The number of halogens is 2. The zero-order chi connectivity index (χ0) is 6.95. The van der Waals surface area contributed by atoms with Gasteiger partial charge in [-0.25, -0.2) is 0 Å². The second-order valence-electron chi connectivity index (χ2n) is 1.19. The predicted octanol–water partition coefficient (Wildman–Crippen LogP) is 2.90. The first-order chi connectivity index (χ1) is 4.41.